The summed E-state index contributed by atoms with van der Waals surface area (Å²) in [5.74, 6) is -2.13. The summed E-state index contributed by atoms with van der Waals surface area (Å²) < 4.78 is 40.2. The van der Waals surface area contributed by atoms with Crippen molar-refractivity contribution >= 4 is 23.5 Å². The molecule has 0 amide bonds. The molecular formula is C13H13F3O3S. The molecule has 0 saturated carbocycles. The normalized spacial score (nSPS) is 14.4. The van der Waals surface area contributed by atoms with Crippen LogP contribution in [-0.4, -0.2) is 28.6 Å². The zero-order valence-corrected chi connectivity index (χ0v) is 11.7. The first-order valence-corrected chi connectivity index (χ1v) is 6.56. The molecule has 20 heavy (non-hydrogen) atoms. The number of ketones is 1. The van der Waals surface area contributed by atoms with Crippen molar-refractivity contribution in [2.24, 2.45) is 0 Å². The number of carbonyl (C=O) groups excluding carboxylic acids is 2. The van der Waals surface area contributed by atoms with Gasteiger partial charge in [0, 0.05) is 5.56 Å². The molecule has 0 aliphatic carbocycles. The molecule has 0 bridgehead atoms. The predicted octanol–water partition coefficient (Wildman–Crippen LogP) is 3.44. The summed E-state index contributed by atoms with van der Waals surface area (Å²) in [5.41, 5.74) is -4.70. The maximum Gasteiger partial charge on any atom is 0.443 e. The fourth-order valence-corrected chi connectivity index (χ4v) is 2.36. The van der Waals surface area contributed by atoms with Crippen LogP contribution in [0.3, 0.4) is 0 Å². The number of alkyl halides is 3. The number of benzene rings is 1. The fourth-order valence-electron chi connectivity index (χ4n) is 1.55. The van der Waals surface area contributed by atoms with Crippen molar-refractivity contribution in [3.05, 3.63) is 35.9 Å². The molecule has 0 heterocycles. The smallest absolute Gasteiger partial charge is 0.443 e. The molecule has 0 aliphatic rings. The molecule has 0 saturated heterocycles. The Kier molecular flexibility index (Phi) is 5.21. The van der Waals surface area contributed by atoms with E-state index in [1.165, 1.54) is 31.2 Å². The minimum atomic E-state index is -4.73. The molecule has 1 atom stereocenters. The van der Waals surface area contributed by atoms with Crippen LogP contribution in [0.4, 0.5) is 13.2 Å². The van der Waals surface area contributed by atoms with Gasteiger partial charge >= 0.3 is 11.5 Å². The zero-order chi connectivity index (χ0) is 15.4. The van der Waals surface area contributed by atoms with Crippen LogP contribution in [0.2, 0.25) is 0 Å². The number of rotatable bonds is 5. The highest BCUT2D eigenvalue weighted by molar-refractivity contribution is 8.03. The van der Waals surface area contributed by atoms with Crippen LogP contribution in [0.25, 0.3) is 0 Å². The van der Waals surface area contributed by atoms with Crippen molar-refractivity contribution in [2.75, 3.05) is 6.61 Å². The van der Waals surface area contributed by atoms with Gasteiger partial charge in [0.15, 0.2) is 10.5 Å². The van der Waals surface area contributed by atoms with Gasteiger partial charge in [-0.25, -0.2) is 0 Å². The largest absolute Gasteiger partial charge is 0.465 e. The molecular weight excluding hydrogens is 293 g/mol. The standard InChI is InChI=1S/C13H13F3O3S/c1-3-19-11(18)12(2,20-13(14,15)16)10(17)9-7-5-4-6-8-9/h4-8H,3H2,1-2H3. The monoisotopic (exact) mass is 306 g/mol. The Morgan fingerprint density at radius 2 is 1.75 bits per heavy atom. The van der Waals surface area contributed by atoms with Crippen LogP contribution in [-0.2, 0) is 9.53 Å². The second-order valence-corrected chi connectivity index (χ2v) is 5.48. The number of Topliss-reactive ketones (excluding diaryl/α,β-unsaturated/α-hetero) is 1. The van der Waals surface area contributed by atoms with Crippen LogP contribution in [0.5, 0.6) is 0 Å². The van der Waals surface area contributed by atoms with Gasteiger partial charge in [0.25, 0.3) is 0 Å². The SMILES string of the molecule is CCOC(=O)C(C)(SC(F)(F)F)C(=O)c1ccccc1. The van der Waals surface area contributed by atoms with Crippen LogP contribution >= 0.6 is 11.8 Å². The van der Waals surface area contributed by atoms with Gasteiger partial charge in [-0.3, -0.25) is 9.59 Å². The topological polar surface area (TPSA) is 43.4 Å². The minimum absolute atomic E-state index is 0.0276. The molecule has 0 aliphatic heterocycles. The molecule has 7 heteroatoms. The first kappa shape index (κ1) is 16.6. The molecule has 0 spiro atoms. The van der Waals surface area contributed by atoms with Gasteiger partial charge in [0.2, 0.25) is 0 Å². The molecule has 1 aromatic rings. The Morgan fingerprint density at radius 1 is 1.20 bits per heavy atom. The highest BCUT2D eigenvalue weighted by atomic mass is 32.2. The van der Waals surface area contributed by atoms with Crippen LogP contribution < -0.4 is 0 Å². The Hall–Kier alpha value is -1.50. The summed E-state index contributed by atoms with van der Waals surface area (Å²) in [6, 6.07) is 7.36. The summed E-state index contributed by atoms with van der Waals surface area (Å²) in [4.78, 5) is 24.0. The van der Waals surface area contributed by atoms with Gasteiger partial charge in [0.05, 0.1) is 6.61 Å². The Labute approximate surface area is 118 Å². The lowest BCUT2D eigenvalue weighted by molar-refractivity contribution is -0.144. The zero-order valence-electron chi connectivity index (χ0n) is 10.9. The molecule has 1 aromatic carbocycles. The lowest BCUT2D eigenvalue weighted by Gasteiger charge is -2.26. The van der Waals surface area contributed by atoms with E-state index in [0.29, 0.717) is 0 Å². The summed E-state index contributed by atoms with van der Waals surface area (Å²) in [7, 11) is 0. The van der Waals surface area contributed by atoms with Crippen molar-refractivity contribution in [1.29, 1.82) is 0 Å². The second-order valence-electron chi connectivity index (χ2n) is 4.00. The molecule has 1 unspecified atom stereocenters. The van der Waals surface area contributed by atoms with Gasteiger partial charge in [-0.2, -0.15) is 13.2 Å². The summed E-state index contributed by atoms with van der Waals surface area (Å²) in [6.07, 6.45) is 0. The lowest BCUT2D eigenvalue weighted by Crippen LogP contribution is -2.44. The Balaban J connectivity index is 3.17. The maximum atomic E-state index is 12.6. The Morgan fingerprint density at radius 3 is 2.20 bits per heavy atom. The van der Waals surface area contributed by atoms with Crippen molar-refractivity contribution in [1.82, 2.24) is 0 Å². The average Bonchev–Trinajstić information content (AvgIpc) is 2.37. The van der Waals surface area contributed by atoms with Crippen molar-refractivity contribution in [2.45, 2.75) is 24.1 Å². The van der Waals surface area contributed by atoms with Crippen molar-refractivity contribution in [3.8, 4) is 0 Å². The lowest BCUT2D eigenvalue weighted by atomic mass is 9.98. The number of halogens is 3. The van der Waals surface area contributed by atoms with E-state index in [4.69, 9.17) is 0 Å². The van der Waals surface area contributed by atoms with Crippen LogP contribution in [0.1, 0.15) is 24.2 Å². The molecule has 0 fully saturated rings. The molecule has 1 rings (SSSR count). The third-order valence-corrected chi connectivity index (χ3v) is 3.45. The number of esters is 1. The summed E-state index contributed by atoms with van der Waals surface area (Å²) in [6.45, 7) is 2.29. The number of hydrogen-bond donors (Lipinski definition) is 0. The third kappa shape index (κ3) is 4.00. The predicted molar refractivity (Wildman–Crippen MR) is 69.5 cm³/mol. The van der Waals surface area contributed by atoms with Gasteiger partial charge in [-0.15, -0.1) is 0 Å². The molecule has 3 nitrogen and oxygen atoms in total. The van der Waals surface area contributed by atoms with E-state index in [0.717, 1.165) is 6.92 Å². The van der Waals surface area contributed by atoms with Gasteiger partial charge < -0.3 is 4.74 Å². The average molecular weight is 306 g/mol. The number of ether oxygens (including phenoxy) is 1. The van der Waals surface area contributed by atoms with E-state index >= 15 is 0 Å². The maximum absolute atomic E-state index is 12.6. The van der Waals surface area contributed by atoms with Gasteiger partial charge in [0.1, 0.15) is 0 Å². The summed E-state index contributed by atoms with van der Waals surface area (Å²) in [5, 5.41) is 0. The van der Waals surface area contributed by atoms with Crippen LogP contribution in [0, 0.1) is 0 Å². The van der Waals surface area contributed by atoms with Crippen molar-refractivity contribution in [3.63, 3.8) is 0 Å². The first-order chi connectivity index (χ1) is 9.20. The minimum Gasteiger partial charge on any atom is -0.465 e. The second kappa shape index (κ2) is 6.30. The quantitative estimate of drug-likeness (QED) is 0.475. The third-order valence-electron chi connectivity index (χ3n) is 2.45. The first-order valence-electron chi connectivity index (χ1n) is 5.74. The highest BCUT2D eigenvalue weighted by Gasteiger charge is 2.52. The van der Waals surface area contributed by atoms with E-state index in [-0.39, 0.29) is 12.2 Å². The van der Waals surface area contributed by atoms with Gasteiger partial charge in [-0.05, 0) is 25.6 Å². The fraction of sp³-hybridized carbons (Fsp3) is 0.385. The highest BCUT2D eigenvalue weighted by Crippen LogP contribution is 2.43. The van der Waals surface area contributed by atoms with Crippen molar-refractivity contribution < 1.29 is 27.5 Å². The Bertz CT molecular complexity index is 487. The van der Waals surface area contributed by atoms with Crippen LogP contribution in [0.15, 0.2) is 30.3 Å². The van der Waals surface area contributed by atoms with E-state index < -0.39 is 33.8 Å². The molecule has 0 N–H and O–H groups in total. The van der Waals surface area contributed by atoms with E-state index in [1.54, 1.807) is 6.07 Å². The molecule has 0 radical (unpaired) electrons. The number of thioether (sulfide) groups is 1. The molecule has 0 aromatic heterocycles. The van der Waals surface area contributed by atoms with E-state index in [1.807, 2.05) is 0 Å². The molecule has 110 valence electrons. The number of hydrogen-bond acceptors (Lipinski definition) is 4. The van der Waals surface area contributed by atoms with E-state index in [2.05, 4.69) is 4.74 Å². The summed E-state index contributed by atoms with van der Waals surface area (Å²) >= 11 is -0.669. The number of carbonyl (C=O) groups is 2. The van der Waals surface area contributed by atoms with Gasteiger partial charge in [-0.1, -0.05) is 30.3 Å². The van der Waals surface area contributed by atoms with E-state index in [9.17, 15) is 22.8 Å².